The van der Waals surface area contributed by atoms with Crippen molar-refractivity contribution in [2.75, 3.05) is 37.8 Å². The van der Waals surface area contributed by atoms with E-state index in [2.05, 4.69) is 90.0 Å². The lowest BCUT2D eigenvalue weighted by atomic mass is 9.87. The number of nitrogen functional groups attached to an aromatic ring is 1. The number of phosphoric ester groups is 3. The Morgan fingerprint density at radius 3 is 2.14 bits per heavy atom. The zero-order valence-corrected chi connectivity index (χ0v) is 43.5. The quantitative estimate of drug-likeness (QED) is 0.0208. The molecular formula is C43H66N7O18P3S. The standard InChI is InChI=1S/C43H66N7O18P3S/c1-4-5-6-7-8-9-10-11-12-13-14-15-16-17-18-19-20-31(51)21-22-34(53)72-26-25-45-33(52)23-24-46-41(56)38(55)43(2,3)28-65-71(62,63)68-70(60,61)64-27-32-37(67-69(57,58)59)36(54)42(66-32)50-30-49-35-39(44)47-29-48-40(35)50/h5-6,8-9,11-12,14-15,17-20,29-32,36-38,42,51,54-55H,4,7,10,13,16,21-28H2,1-3H3,(H,45,52)(H,46,56)(H,60,61)(H,62,63)(H2,44,47,48)(H2,57,58,59)/b6-5+,9-8+,12-11+,15-14+,18-17+,20-19+. The highest BCUT2D eigenvalue weighted by Crippen LogP contribution is 2.61. The number of phosphoric acid groups is 3. The van der Waals surface area contributed by atoms with Crippen molar-refractivity contribution in [3.63, 3.8) is 0 Å². The molecule has 1 fully saturated rings. The number of imidazole rings is 1. The van der Waals surface area contributed by atoms with E-state index in [1.165, 1.54) is 13.8 Å². The van der Waals surface area contributed by atoms with Crippen LogP contribution in [0.1, 0.15) is 78.4 Å². The van der Waals surface area contributed by atoms with E-state index in [0.29, 0.717) is 0 Å². The van der Waals surface area contributed by atoms with Crippen molar-refractivity contribution in [2.24, 2.45) is 5.41 Å². The summed E-state index contributed by atoms with van der Waals surface area (Å²) < 4.78 is 62.4. The highest BCUT2D eigenvalue weighted by Gasteiger charge is 2.50. The van der Waals surface area contributed by atoms with Gasteiger partial charge in [-0.15, -0.1) is 0 Å². The molecule has 29 heteroatoms. The molecule has 2 aromatic heterocycles. The largest absolute Gasteiger partial charge is 0.481 e. The van der Waals surface area contributed by atoms with Gasteiger partial charge in [0.25, 0.3) is 0 Å². The molecule has 0 saturated carbocycles. The second kappa shape index (κ2) is 31.0. The minimum Gasteiger partial charge on any atom is -0.389 e. The minimum atomic E-state index is -5.60. The number of hydrogen-bond acceptors (Lipinski definition) is 19. The molecule has 3 rings (SSSR count). The molecular weight excluding hydrogens is 1030 g/mol. The van der Waals surface area contributed by atoms with Crippen molar-refractivity contribution < 1.29 is 85.6 Å². The molecule has 0 spiro atoms. The monoisotopic (exact) mass is 1090 g/mol. The second-order valence-corrected chi connectivity index (χ2v) is 21.8. The van der Waals surface area contributed by atoms with E-state index in [1.54, 1.807) is 12.2 Å². The van der Waals surface area contributed by atoms with Gasteiger partial charge in [0.1, 0.15) is 36.3 Å². The Labute approximate surface area is 421 Å². The molecule has 8 atom stereocenters. The van der Waals surface area contributed by atoms with E-state index in [0.717, 1.165) is 61.1 Å². The van der Waals surface area contributed by atoms with Crippen molar-refractivity contribution in [3.05, 3.63) is 85.6 Å². The Kier molecular flexibility index (Phi) is 26.8. The average Bonchev–Trinajstić information content (AvgIpc) is 3.87. The Balaban J connectivity index is 1.31. The fourth-order valence-electron chi connectivity index (χ4n) is 6.23. The van der Waals surface area contributed by atoms with Gasteiger partial charge in [0, 0.05) is 37.1 Å². The van der Waals surface area contributed by atoms with E-state index < -0.39 is 90.7 Å². The van der Waals surface area contributed by atoms with Crippen LogP contribution in [0.5, 0.6) is 0 Å². The molecule has 72 heavy (non-hydrogen) atoms. The van der Waals surface area contributed by atoms with Gasteiger partial charge in [-0.2, -0.15) is 4.31 Å². The van der Waals surface area contributed by atoms with Crippen molar-refractivity contribution >= 4 is 69.1 Å². The number of nitrogens with one attached hydrogen (secondary N) is 2. The van der Waals surface area contributed by atoms with Crippen molar-refractivity contribution in [3.8, 4) is 0 Å². The van der Waals surface area contributed by atoms with Crippen LogP contribution >= 0.6 is 35.2 Å². The van der Waals surface area contributed by atoms with Crippen LogP contribution in [0.25, 0.3) is 11.2 Å². The van der Waals surface area contributed by atoms with Crippen LogP contribution in [0.4, 0.5) is 5.82 Å². The lowest BCUT2D eigenvalue weighted by Crippen LogP contribution is -2.46. The molecule has 2 aromatic rings. The fraction of sp³-hybridized carbons (Fsp3) is 0.535. The van der Waals surface area contributed by atoms with Crippen LogP contribution in [-0.2, 0) is 50.7 Å². The number of ether oxygens (including phenoxy) is 1. The maximum Gasteiger partial charge on any atom is 0.481 e. The van der Waals surface area contributed by atoms with Crippen LogP contribution in [0, 0.1) is 5.41 Å². The topological polar surface area (TPSA) is 384 Å². The molecule has 2 amide bonds. The van der Waals surface area contributed by atoms with Gasteiger partial charge in [-0.3, -0.25) is 32.5 Å². The van der Waals surface area contributed by atoms with E-state index in [-0.39, 0.29) is 60.2 Å². The molecule has 1 aliphatic rings. The van der Waals surface area contributed by atoms with Gasteiger partial charge in [-0.05, 0) is 38.5 Å². The summed E-state index contributed by atoms with van der Waals surface area (Å²) in [5, 5.41) is 36.5. The van der Waals surface area contributed by atoms with Gasteiger partial charge in [-0.25, -0.2) is 28.6 Å². The minimum absolute atomic E-state index is 0.0240. The fourth-order valence-corrected chi connectivity index (χ4v) is 9.76. The highest BCUT2D eigenvalue weighted by atomic mass is 32.2. The SMILES string of the molecule is CC/C=C/C/C=C/C/C=C/C/C=C/C/C=C/C=C/C(O)CCC(=O)SCCNC(=O)CCNC(=O)C(O)C(C)(C)COP(=O)(O)OP(=O)(O)OCC1OC(n2cnc3c(N)ncnc32)C(O)C1OP(=O)(O)O. The third-order valence-corrected chi connectivity index (χ3v) is 14.0. The normalized spacial score (nSPS) is 20.6. The summed E-state index contributed by atoms with van der Waals surface area (Å²) in [7, 11) is -16.5. The number of carbonyl (C=O) groups is 3. The number of nitrogens with zero attached hydrogens (tertiary/aromatic N) is 4. The van der Waals surface area contributed by atoms with E-state index in [9.17, 15) is 63.0 Å². The predicted octanol–water partition coefficient (Wildman–Crippen LogP) is 4.11. The number of aliphatic hydroxyl groups excluding tert-OH is 3. The Morgan fingerprint density at radius 1 is 0.875 bits per heavy atom. The Hall–Kier alpha value is -4.04. The van der Waals surface area contributed by atoms with E-state index in [4.69, 9.17) is 19.5 Å². The van der Waals surface area contributed by atoms with Gasteiger partial charge in [0.2, 0.25) is 11.8 Å². The summed E-state index contributed by atoms with van der Waals surface area (Å²) in [6, 6.07) is 0. The molecule has 11 N–H and O–H groups in total. The van der Waals surface area contributed by atoms with Gasteiger partial charge in [0.05, 0.1) is 25.6 Å². The molecule has 1 aliphatic heterocycles. The molecule has 0 bridgehead atoms. The lowest BCUT2D eigenvalue weighted by Gasteiger charge is -2.30. The summed E-state index contributed by atoms with van der Waals surface area (Å²) in [4.78, 5) is 88.4. The van der Waals surface area contributed by atoms with Gasteiger partial charge >= 0.3 is 23.5 Å². The molecule has 1 saturated heterocycles. The zero-order chi connectivity index (χ0) is 53.4. The van der Waals surface area contributed by atoms with Crippen LogP contribution in [0.15, 0.2) is 85.6 Å². The number of nitrogens with two attached hydrogens (primary N) is 1. The summed E-state index contributed by atoms with van der Waals surface area (Å²) in [6.07, 6.45) is 21.1. The Bertz CT molecular complexity index is 2390. The number of fused-ring (bicyclic) bond motifs is 1. The first-order valence-electron chi connectivity index (χ1n) is 22.6. The third kappa shape index (κ3) is 23.4. The lowest BCUT2D eigenvalue weighted by molar-refractivity contribution is -0.137. The molecule has 0 radical (unpaired) electrons. The molecule has 8 unspecified atom stereocenters. The smallest absolute Gasteiger partial charge is 0.389 e. The van der Waals surface area contributed by atoms with Crippen molar-refractivity contribution in [2.45, 2.75) is 109 Å². The number of carbonyl (C=O) groups excluding carboxylic acids is 3. The molecule has 0 aromatic carbocycles. The van der Waals surface area contributed by atoms with Crippen LogP contribution in [0.2, 0.25) is 0 Å². The van der Waals surface area contributed by atoms with E-state index >= 15 is 0 Å². The van der Waals surface area contributed by atoms with Crippen molar-refractivity contribution in [1.82, 2.24) is 30.2 Å². The maximum absolute atomic E-state index is 12.8. The number of amides is 2. The Morgan fingerprint density at radius 2 is 1.50 bits per heavy atom. The zero-order valence-electron chi connectivity index (χ0n) is 40.0. The summed E-state index contributed by atoms with van der Waals surface area (Å²) >= 11 is 0.995. The molecule has 0 aliphatic carbocycles. The molecule has 25 nitrogen and oxygen atoms in total. The first kappa shape index (κ1) is 62.3. The predicted molar refractivity (Wildman–Crippen MR) is 266 cm³/mol. The summed E-state index contributed by atoms with van der Waals surface area (Å²) in [6.45, 7) is 2.46. The summed E-state index contributed by atoms with van der Waals surface area (Å²) in [5.74, 6) is -1.26. The van der Waals surface area contributed by atoms with Crippen LogP contribution in [-0.4, -0.2) is 134 Å². The average molecular weight is 1090 g/mol. The number of aliphatic hydroxyl groups is 3. The molecule has 3 heterocycles. The third-order valence-electron chi connectivity index (χ3n) is 9.98. The van der Waals surface area contributed by atoms with Crippen molar-refractivity contribution in [1.29, 1.82) is 0 Å². The second-order valence-electron chi connectivity index (χ2n) is 16.4. The molecule has 402 valence electrons. The number of allylic oxidation sites excluding steroid dienone is 11. The van der Waals surface area contributed by atoms with Gasteiger partial charge in [-0.1, -0.05) is 105 Å². The maximum atomic E-state index is 12.8. The first-order valence-corrected chi connectivity index (χ1v) is 28.1. The van der Waals surface area contributed by atoms with Crippen LogP contribution < -0.4 is 16.4 Å². The summed E-state index contributed by atoms with van der Waals surface area (Å²) in [5.41, 5.74) is 4.24. The highest BCUT2D eigenvalue weighted by molar-refractivity contribution is 8.13. The number of aromatic nitrogens is 4. The number of rotatable bonds is 33. The number of hydrogen-bond donors (Lipinski definition) is 10. The van der Waals surface area contributed by atoms with Gasteiger partial charge < -0.3 is 56.0 Å². The van der Waals surface area contributed by atoms with Crippen LogP contribution in [0.3, 0.4) is 0 Å². The number of thioether (sulfide) groups is 1. The first-order chi connectivity index (χ1) is 33.9. The van der Waals surface area contributed by atoms with Gasteiger partial charge in [0.15, 0.2) is 22.8 Å². The van der Waals surface area contributed by atoms with E-state index in [1.807, 2.05) is 12.2 Å². The number of anilines is 1.